The summed E-state index contributed by atoms with van der Waals surface area (Å²) in [5, 5.41) is 18.6. The molecule has 6 N–H and O–H groups in total. The zero-order chi connectivity index (χ0) is 24.6. The summed E-state index contributed by atoms with van der Waals surface area (Å²) < 4.78 is -1.95. The van der Waals surface area contributed by atoms with Crippen molar-refractivity contribution in [1.82, 2.24) is 0 Å². The number of carboxylic acid groups (broad SMARTS) is 2. The SMILES string of the molecule is CCCCCCCC(=O)C(SSCC(N)C(=O)O)(C(=O)CCCCCCC)C(N)C(=O)O. The largest absolute Gasteiger partial charge is 0.480 e. The molecule has 0 saturated carbocycles. The lowest BCUT2D eigenvalue weighted by atomic mass is 9.85. The molecular weight excluding hydrogens is 452 g/mol. The van der Waals surface area contributed by atoms with E-state index < -0.39 is 40.3 Å². The Labute approximate surface area is 199 Å². The quantitative estimate of drug-likeness (QED) is 0.105. The molecule has 0 aromatic heterocycles. The molecule has 10 heteroatoms. The molecule has 0 fully saturated rings. The number of carbonyl (C=O) groups excluding carboxylic acids is 2. The van der Waals surface area contributed by atoms with E-state index in [2.05, 4.69) is 13.8 Å². The Bertz CT molecular complexity index is 577. The van der Waals surface area contributed by atoms with Crippen molar-refractivity contribution in [2.45, 2.75) is 108 Å². The molecule has 8 nitrogen and oxygen atoms in total. The highest BCUT2D eigenvalue weighted by molar-refractivity contribution is 8.77. The van der Waals surface area contributed by atoms with Crippen LogP contribution in [0.1, 0.15) is 90.9 Å². The summed E-state index contributed by atoms with van der Waals surface area (Å²) >= 11 is 0. The minimum Gasteiger partial charge on any atom is -0.480 e. The van der Waals surface area contributed by atoms with Crippen molar-refractivity contribution < 1.29 is 29.4 Å². The van der Waals surface area contributed by atoms with Crippen LogP contribution in [0.3, 0.4) is 0 Å². The van der Waals surface area contributed by atoms with Crippen LogP contribution >= 0.6 is 21.6 Å². The third kappa shape index (κ3) is 10.7. The highest BCUT2D eigenvalue weighted by Gasteiger charge is 2.53. The second-order valence-electron chi connectivity index (χ2n) is 8.04. The van der Waals surface area contributed by atoms with Gasteiger partial charge in [-0.3, -0.25) is 19.2 Å². The fourth-order valence-corrected chi connectivity index (χ4v) is 6.45. The number of nitrogens with two attached hydrogens (primary N) is 2. The van der Waals surface area contributed by atoms with Gasteiger partial charge in [0.25, 0.3) is 0 Å². The van der Waals surface area contributed by atoms with Crippen molar-refractivity contribution in [3.63, 3.8) is 0 Å². The molecule has 2 unspecified atom stereocenters. The molecule has 0 radical (unpaired) electrons. The van der Waals surface area contributed by atoms with E-state index in [1.165, 1.54) is 0 Å². The van der Waals surface area contributed by atoms with E-state index in [-0.39, 0.29) is 18.6 Å². The Morgan fingerprint density at radius 3 is 1.56 bits per heavy atom. The van der Waals surface area contributed by atoms with Crippen molar-refractivity contribution in [3.05, 3.63) is 0 Å². The highest BCUT2D eigenvalue weighted by Crippen LogP contribution is 2.42. The second kappa shape index (κ2) is 17.4. The Hall–Kier alpha value is -1.10. The van der Waals surface area contributed by atoms with Crippen LogP contribution < -0.4 is 11.5 Å². The lowest BCUT2D eigenvalue weighted by molar-refractivity contribution is -0.144. The molecule has 2 atom stereocenters. The van der Waals surface area contributed by atoms with Gasteiger partial charge >= 0.3 is 11.9 Å². The summed E-state index contributed by atoms with van der Waals surface area (Å²) in [4.78, 5) is 49.4. The number of carboxylic acids is 2. The van der Waals surface area contributed by atoms with E-state index in [1.807, 2.05) is 0 Å². The number of unbranched alkanes of at least 4 members (excludes halogenated alkanes) is 8. The number of rotatable bonds is 21. The fourth-order valence-electron chi connectivity index (χ4n) is 3.24. The minimum atomic E-state index is -1.95. The molecule has 0 amide bonds. The molecule has 0 rings (SSSR count). The minimum absolute atomic E-state index is 0.0603. The van der Waals surface area contributed by atoms with Gasteiger partial charge < -0.3 is 21.7 Å². The van der Waals surface area contributed by atoms with Gasteiger partial charge in [0.2, 0.25) is 0 Å². The van der Waals surface area contributed by atoms with Crippen molar-refractivity contribution >= 4 is 45.1 Å². The van der Waals surface area contributed by atoms with Crippen molar-refractivity contribution in [2.75, 3.05) is 5.75 Å². The summed E-state index contributed by atoms with van der Waals surface area (Å²) in [5.74, 6) is -3.72. The van der Waals surface area contributed by atoms with E-state index in [0.717, 1.165) is 73.0 Å². The summed E-state index contributed by atoms with van der Waals surface area (Å²) in [7, 11) is 1.69. The first-order valence-corrected chi connectivity index (χ1v) is 13.8. The third-order valence-corrected chi connectivity index (χ3v) is 8.44. The van der Waals surface area contributed by atoms with Gasteiger partial charge in [-0.15, -0.1) is 0 Å². The highest BCUT2D eigenvalue weighted by atomic mass is 33.1. The van der Waals surface area contributed by atoms with Gasteiger partial charge in [0.05, 0.1) is 0 Å². The van der Waals surface area contributed by atoms with Crippen molar-refractivity contribution in [2.24, 2.45) is 11.5 Å². The van der Waals surface area contributed by atoms with E-state index >= 15 is 0 Å². The molecule has 0 heterocycles. The predicted molar refractivity (Wildman–Crippen MR) is 131 cm³/mol. The summed E-state index contributed by atoms with van der Waals surface area (Å²) in [6, 6.07) is -2.91. The number of hydrogen-bond acceptors (Lipinski definition) is 8. The van der Waals surface area contributed by atoms with Gasteiger partial charge in [-0.1, -0.05) is 86.8 Å². The molecule has 0 aliphatic rings. The van der Waals surface area contributed by atoms with Gasteiger partial charge in [-0.25, -0.2) is 0 Å². The molecule has 0 bridgehead atoms. The first-order valence-electron chi connectivity index (χ1n) is 11.5. The number of hydrogen-bond donors (Lipinski definition) is 4. The summed E-state index contributed by atoms with van der Waals surface area (Å²) in [5.41, 5.74) is 11.5. The predicted octanol–water partition coefficient (Wildman–Crippen LogP) is 3.79. The molecule has 0 aliphatic heterocycles. The van der Waals surface area contributed by atoms with Crippen LogP contribution in [0.5, 0.6) is 0 Å². The Morgan fingerprint density at radius 2 is 1.19 bits per heavy atom. The van der Waals surface area contributed by atoms with E-state index in [9.17, 15) is 24.3 Å². The van der Waals surface area contributed by atoms with Crippen molar-refractivity contribution in [1.29, 1.82) is 0 Å². The molecule has 32 heavy (non-hydrogen) atoms. The first kappa shape index (κ1) is 30.9. The van der Waals surface area contributed by atoms with Gasteiger partial charge in [-0.2, -0.15) is 0 Å². The number of Topliss-reactive ketones (excluding diaryl/α,β-unsaturated/α-hetero) is 2. The average Bonchev–Trinajstić information content (AvgIpc) is 2.75. The summed E-state index contributed by atoms with van der Waals surface area (Å²) in [6.45, 7) is 4.16. The van der Waals surface area contributed by atoms with Crippen LogP contribution in [0.15, 0.2) is 0 Å². The lowest BCUT2D eigenvalue weighted by Crippen LogP contribution is -2.60. The standard InChI is InChI=1S/C22H40N2O6S2/c1-3-5-7-9-11-13-17(25)22(19(24)21(29)30,32-31-15-16(23)20(27)28)18(26)14-12-10-8-6-4-2/h16,19H,3-15,23-24H2,1-2H3,(H,27,28)(H,29,30). The van der Waals surface area contributed by atoms with Crippen LogP contribution in [0.25, 0.3) is 0 Å². The molecular formula is C22H40N2O6S2. The average molecular weight is 493 g/mol. The van der Waals surface area contributed by atoms with Crippen LogP contribution in [0.4, 0.5) is 0 Å². The zero-order valence-electron chi connectivity index (χ0n) is 19.3. The maximum Gasteiger partial charge on any atom is 0.322 e. The van der Waals surface area contributed by atoms with E-state index in [4.69, 9.17) is 16.6 Å². The number of ketones is 2. The topological polar surface area (TPSA) is 161 Å². The fraction of sp³-hybridized carbons (Fsp3) is 0.818. The smallest absolute Gasteiger partial charge is 0.322 e. The molecule has 0 aromatic rings. The van der Waals surface area contributed by atoms with Gasteiger partial charge in [-0.05, 0) is 12.8 Å². The van der Waals surface area contributed by atoms with E-state index in [0.29, 0.717) is 12.8 Å². The number of aliphatic carboxylic acids is 2. The Morgan fingerprint density at radius 1 is 0.750 bits per heavy atom. The van der Waals surface area contributed by atoms with Crippen molar-refractivity contribution in [3.8, 4) is 0 Å². The maximum atomic E-state index is 13.3. The zero-order valence-corrected chi connectivity index (χ0v) is 21.0. The second-order valence-corrected chi connectivity index (χ2v) is 10.6. The molecule has 0 aliphatic carbocycles. The Kier molecular flexibility index (Phi) is 16.8. The Balaban J connectivity index is 5.57. The van der Waals surface area contributed by atoms with Gasteiger partial charge in [0.15, 0.2) is 16.3 Å². The van der Waals surface area contributed by atoms with Gasteiger partial charge in [0, 0.05) is 18.6 Å². The molecule has 0 spiro atoms. The summed E-state index contributed by atoms with van der Waals surface area (Å²) in [6.07, 6.45) is 8.96. The van der Waals surface area contributed by atoms with Crippen LogP contribution in [-0.4, -0.2) is 56.3 Å². The lowest BCUT2D eigenvalue weighted by Gasteiger charge is -2.33. The maximum absolute atomic E-state index is 13.3. The molecule has 186 valence electrons. The molecule has 0 saturated heterocycles. The van der Waals surface area contributed by atoms with Crippen LogP contribution in [0.2, 0.25) is 0 Å². The third-order valence-electron chi connectivity index (χ3n) is 5.30. The van der Waals surface area contributed by atoms with E-state index in [1.54, 1.807) is 0 Å². The number of carbonyl (C=O) groups is 4. The van der Waals surface area contributed by atoms with Gasteiger partial charge in [0.1, 0.15) is 12.1 Å². The molecule has 0 aromatic carbocycles. The monoisotopic (exact) mass is 492 g/mol. The van der Waals surface area contributed by atoms with Crippen LogP contribution in [-0.2, 0) is 19.2 Å². The normalized spacial score (nSPS) is 13.5. The van der Waals surface area contributed by atoms with Crippen LogP contribution in [0, 0.1) is 0 Å². The first-order chi connectivity index (χ1) is 15.1.